The van der Waals surface area contributed by atoms with Gasteiger partial charge in [-0.1, -0.05) is 12.1 Å². The number of fused-ring (bicyclic) bond motifs is 2. The highest BCUT2D eigenvalue weighted by Crippen LogP contribution is 2.32. The van der Waals surface area contributed by atoms with Crippen molar-refractivity contribution >= 4 is 21.9 Å². The maximum Gasteiger partial charge on any atom is 0.159 e. The lowest BCUT2D eigenvalue weighted by Crippen LogP contribution is -2.10. The largest absolute Gasteiger partial charge is 0.335 e. The molecule has 0 amide bonds. The van der Waals surface area contributed by atoms with Gasteiger partial charge in [0.1, 0.15) is 11.5 Å². The summed E-state index contributed by atoms with van der Waals surface area (Å²) in [5, 5.41) is 8.46. The Bertz CT molecular complexity index is 1670. The molecule has 0 aliphatic carbocycles. The van der Waals surface area contributed by atoms with Crippen molar-refractivity contribution < 1.29 is 4.39 Å². The number of pyridine rings is 3. The van der Waals surface area contributed by atoms with E-state index in [-0.39, 0.29) is 5.82 Å². The topological polar surface area (TPSA) is 99.3 Å². The SMILES string of the molecule is CN(C)Cc1cncc(-c2cc3c(-c4nc5c(-c6ccc(F)cc6)cncc5[nH]4)n[nH]c3cn2)c1. The van der Waals surface area contributed by atoms with E-state index in [0.717, 1.165) is 56.4 Å². The Morgan fingerprint density at radius 1 is 0.886 bits per heavy atom. The average molecular weight is 465 g/mol. The molecule has 6 rings (SSSR count). The first-order valence-electron chi connectivity index (χ1n) is 11.1. The number of imidazole rings is 1. The van der Waals surface area contributed by atoms with Gasteiger partial charge in [-0.25, -0.2) is 9.37 Å². The van der Waals surface area contributed by atoms with Crippen molar-refractivity contribution in [2.75, 3.05) is 14.1 Å². The summed E-state index contributed by atoms with van der Waals surface area (Å²) in [5.74, 6) is 0.325. The van der Waals surface area contributed by atoms with Crippen LogP contribution in [0.15, 0.2) is 67.4 Å². The molecule has 5 aromatic heterocycles. The Morgan fingerprint density at radius 3 is 2.54 bits per heavy atom. The number of rotatable bonds is 5. The van der Waals surface area contributed by atoms with Crippen molar-refractivity contribution in [3.63, 3.8) is 0 Å². The van der Waals surface area contributed by atoms with Gasteiger partial charge in [-0.2, -0.15) is 5.10 Å². The fourth-order valence-electron chi connectivity index (χ4n) is 4.22. The van der Waals surface area contributed by atoms with E-state index in [4.69, 9.17) is 4.98 Å². The highest BCUT2D eigenvalue weighted by molar-refractivity contribution is 5.97. The standard InChI is InChI=1S/C26H21FN8/c1-35(2)14-15-7-17(10-28-9-15)21-8-19-22(13-30-21)33-34-25(19)26-31-23-12-29-11-20(24(23)32-26)16-3-5-18(27)6-4-16/h3-13H,14H2,1-2H3,(H,31,32)(H,33,34). The van der Waals surface area contributed by atoms with Gasteiger partial charge in [0.05, 0.1) is 34.6 Å². The molecule has 0 saturated heterocycles. The molecule has 0 atom stereocenters. The number of aromatic amines is 2. The molecule has 0 bridgehead atoms. The Hall–Kier alpha value is -4.50. The van der Waals surface area contributed by atoms with Crippen molar-refractivity contribution in [3.8, 4) is 33.9 Å². The van der Waals surface area contributed by atoms with Crippen molar-refractivity contribution in [3.05, 3.63) is 78.8 Å². The predicted molar refractivity (Wildman–Crippen MR) is 133 cm³/mol. The molecule has 1 aromatic carbocycles. The molecular formula is C26H21FN8. The number of nitrogens with zero attached hydrogens (tertiary/aromatic N) is 6. The van der Waals surface area contributed by atoms with Crippen molar-refractivity contribution in [2.24, 2.45) is 0 Å². The van der Waals surface area contributed by atoms with Gasteiger partial charge in [-0.05, 0) is 49.5 Å². The van der Waals surface area contributed by atoms with E-state index in [2.05, 4.69) is 41.1 Å². The van der Waals surface area contributed by atoms with Gasteiger partial charge in [0.2, 0.25) is 0 Å². The minimum atomic E-state index is -0.286. The normalized spacial score (nSPS) is 11.7. The van der Waals surface area contributed by atoms with E-state index < -0.39 is 0 Å². The van der Waals surface area contributed by atoms with E-state index in [1.165, 1.54) is 12.1 Å². The molecule has 5 heterocycles. The van der Waals surface area contributed by atoms with Crippen LogP contribution >= 0.6 is 0 Å². The van der Waals surface area contributed by atoms with E-state index >= 15 is 0 Å². The lowest BCUT2D eigenvalue weighted by Gasteiger charge is -2.10. The minimum absolute atomic E-state index is 0.286. The van der Waals surface area contributed by atoms with Gasteiger partial charge >= 0.3 is 0 Å². The monoisotopic (exact) mass is 464 g/mol. The highest BCUT2D eigenvalue weighted by atomic mass is 19.1. The van der Waals surface area contributed by atoms with Crippen LogP contribution in [0.1, 0.15) is 5.56 Å². The van der Waals surface area contributed by atoms with Gasteiger partial charge in [-0.15, -0.1) is 0 Å². The fraction of sp³-hybridized carbons (Fsp3) is 0.115. The molecule has 0 radical (unpaired) electrons. The van der Waals surface area contributed by atoms with Crippen LogP contribution in [0.2, 0.25) is 0 Å². The second kappa shape index (κ2) is 8.37. The molecule has 0 aliphatic rings. The van der Waals surface area contributed by atoms with Gasteiger partial charge < -0.3 is 9.88 Å². The van der Waals surface area contributed by atoms with Crippen LogP contribution in [0.25, 0.3) is 55.8 Å². The summed E-state index contributed by atoms with van der Waals surface area (Å²) in [7, 11) is 4.05. The number of nitrogens with one attached hydrogen (secondary N) is 2. The molecule has 0 spiro atoms. The maximum atomic E-state index is 13.4. The quantitative estimate of drug-likeness (QED) is 0.379. The van der Waals surface area contributed by atoms with Crippen LogP contribution in [0.4, 0.5) is 4.39 Å². The van der Waals surface area contributed by atoms with E-state index in [1.54, 1.807) is 30.7 Å². The minimum Gasteiger partial charge on any atom is -0.335 e. The number of aromatic nitrogens is 7. The van der Waals surface area contributed by atoms with Crippen molar-refractivity contribution in [2.45, 2.75) is 6.54 Å². The molecule has 0 saturated carbocycles. The number of H-pyrrole nitrogens is 2. The second-order valence-corrected chi connectivity index (χ2v) is 8.68. The zero-order valence-corrected chi connectivity index (χ0v) is 19.1. The molecule has 8 nitrogen and oxygen atoms in total. The zero-order valence-electron chi connectivity index (χ0n) is 19.1. The summed E-state index contributed by atoms with van der Waals surface area (Å²) in [6.07, 6.45) is 8.91. The van der Waals surface area contributed by atoms with E-state index in [9.17, 15) is 4.39 Å². The van der Waals surface area contributed by atoms with E-state index in [0.29, 0.717) is 11.5 Å². The first-order valence-corrected chi connectivity index (χ1v) is 11.1. The third-order valence-corrected chi connectivity index (χ3v) is 5.81. The summed E-state index contributed by atoms with van der Waals surface area (Å²) in [6.45, 7) is 0.795. The van der Waals surface area contributed by atoms with Crippen LogP contribution in [0.3, 0.4) is 0 Å². The highest BCUT2D eigenvalue weighted by Gasteiger charge is 2.17. The Labute approximate surface area is 199 Å². The number of hydrogen-bond donors (Lipinski definition) is 2. The van der Waals surface area contributed by atoms with Crippen LogP contribution in [0.5, 0.6) is 0 Å². The lowest BCUT2D eigenvalue weighted by atomic mass is 10.1. The predicted octanol–water partition coefficient (Wildman–Crippen LogP) is 4.83. The summed E-state index contributed by atoms with van der Waals surface area (Å²) in [6, 6.07) is 10.4. The smallest absolute Gasteiger partial charge is 0.159 e. The molecule has 9 heteroatoms. The van der Waals surface area contributed by atoms with Gasteiger partial charge in [0.25, 0.3) is 0 Å². The molecule has 6 aromatic rings. The molecular weight excluding hydrogens is 443 g/mol. The summed E-state index contributed by atoms with van der Waals surface area (Å²) < 4.78 is 13.4. The summed E-state index contributed by atoms with van der Waals surface area (Å²) in [5.41, 5.74) is 7.51. The fourth-order valence-corrected chi connectivity index (χ4v) is 4.22. The average Bonchev–Trinajstić information content (AvgIpc) is 3.48. The van der Waals surface area contributed by atoms with Gasteiger partial charge in [0, 0.05) is 41.6 Å². The third kappa shape index (κ3) is 3.91. The van der Waals surface area contributed by atoms with Crippen molar-refractivity contribution in [1.82, 2.24) is 40.0 Å². The van der Waals surface area contributed by atoms with Gasteiger partial charge in [-0.3, -0.25) is 20.1 Å². The number of hydrogen-bond acceptors (Lipinski definition) is 6. The summed E-state index contributed by atoms with van der Waals surface area (Å²) >= 11 is 0. The molecule has 0 unspecified atom stereocenters. The Balaban J connectivity index is 1.44. The molecule has 0 aliphatic heterocycles. The van der Waals surface area contributed by atoms with E-state index in [1.807, 2.05) is 32.6 Å². The van der Waals surface area contributed by atoms with Crippen molar-refractivity contribution in [1.29, 1.82) is 0 Å². The van der Waals surface area contributed by atoms with Crippen LogP contribution in [-0.4, -0.2) is 54.1 Å². The zero-order chi connectivity index (χ0) is 23.9. The summed E-state index contributed by atoms with van der Waals surface area (Å²) in [4.78, 5) is 23.6. The maximum absolute atomic E-state index is 13.4. The first-order chi connectivity index (χ1) is 17.0. The lowest BCUT2D eigenvalue weighted by molar-refractivity contribution is 0.402. The third-order valence-electron chi connectivity index (χ3n) is 5.81. The molecule has 35 heavy (non-hydrogen) atoms. The Morgan fingerprint density at radius 2 is 1.71 bits per heavy atom. The van der Waals surface area contributed by atoms with Gasteiger partial charge in [0.15, 0.2) is 5.82 Å². The molecule has 172 valence electrons. The Kier molecular flexibility index (Phi) is 5.04. The van der Waals surface area contributed by atoms with Crippen LogP contribution in [0, 0.1) is 5.82 Å². The number of benzene rings is 1. The molecule has 2 N–H and O–H groups in total. The molecule has 0 fully saturated rings. The second-order valence-electron chi connectivity index (χ2n) is 8.68. The van der Waals surface area contributed by atoms with Crippen LogP contribution in [-0.2, 0) is 6.54 Å². The van der Waals surface area contributed by atoms with Crippen LogP contribution < -0.4 is 0 Å². The first kappa shape index (κ1) is 21.1. The number of halogens is 1.